The van der Waals surface area contributed by atoms with Crippen LogP contribution in [-0.4, -0.2) is 49.4 Å². The average Bonchev–Trinajstić information content (AvgIpc) is 3.42. The van der Waals surface area contributed by atoms with Crippen LogP contribution < -0.4 is 5.73 Å². The second kappa shape index (κ2) is 8.46. The Labute approximate surface area is 199 Å². The van der Waals surface area contributed by atoms with Gasteiger partial charge in [0.15, 0.2) is 17.2 Å². The fourth-order valence-corrected chi connectivity index (χ4v) is 4.85. The lowest BCUT2D eigenvalue weighted by Crippen LogP contribution is -2.37. The molecule has 1 aliphatic heterocycles. The average molecular weight is 456 g/mol. The van der Waals surface area contributed by atoms with Gasteiger partial charge < -0.3 is 10.8 Å². The number of benzene rings is 1. The predicted octanol–water partition coefficient (Wildman–Crippen LogP) is 3.34. The second-order valence-electron chi connectivity index (χ2n) is 10.0. The smallest absolute Gasteiger partial charge is 0.185 e. The topological polar surface area (TPSA) is 105 Å². The molecule has 34 heavy (non-hydrogen) atoms. The Bertz CT molecular complexity index is 1330. The molecule has 2 aliphatic rings. The number of anilines is 1. The van der Waals surface area contributed by atoms with E-state index >= 15 is 0 Å². The standard InChI is InChI=1S/C27H29N5O2/c1-26(2)10-11-27(34,25(26)33)9-8-18-6-5-7-19(14-18)24-30-16-21-20(17-32-12-3-4-13-32)15-29-23(28)22(21)31-24/h5-7,14-16,34H,3-4,10-13,17H2,1-2H3,(H2,28,29). The summed E-state index contributed by atoms with van der Waals surface area (Å²) in [7, 11) is 0. The van der Waals surface area contributed by atoms with Gasteiger partial charge in [0.1, 0.15) is 11.3 Å². The number of likely N-dealkylation sites (tertiary alicyclic amines) is 1. The highest BCUT2D eigenvalue weighted by atomic mass is 16.3. The third-order valence-corrected chi connectivity index (χ3v) is 6.97. The van der Waals surface area contributed by atoms with Crippen molar-refractivity contribution < 1.29 is 9.90 Å². The summed E-state index contributed by atoms with van der Waals surface area (Å²) >= 11 is 0. The Kier molecular flexibility index (Phi) is 5.59. The zero-order valence-electron chi connectivity index (χ0n) is 19.6. The number of nitrogens with two attached hydrogens (primary N) is 1. The second-order valence-corrected chi connectivity index (χ2v) is 10.0. The van der Waals surface area contributed by atoms with E-state index < -0.39 is 11.0 Å². The number of Topliss-reactive ketones (excluding diaryl/α,β-unsaturated/α-hetero) is 1. The number of carbonyl (C=O) groups excluding carboxylic acids is 1. The molecular weight excluding hydrogens is 426 g/mol. The van der Waals surface area contributed by atoms with E-state index in [-0.39, 0.29) is 5.78 Å². The summed E-state index contributed by atoms with van der Waals surface area (Å²) in [5, 5.41) is 11.7. The number of carbonyl (C=O) groups is 1. The van der Waals surface area contributed by atoms with Crippen molar-refractivity contribution in [1.82, 2.24) is 19.9 Å². The number of ketones is 1. The highest BCUT2D eigenvalue weighted by Crippen LogP contribution is 2.39. The van der Waals surface area contributed by atoms with Crippen molar-refractivity contribution in [1.29, 1.82) is 0 Å². The van der Waals surface area contributed by atoms with Gasteiger partial charge in [-0.1, -0.05) is 37.8 Å². The SMILES string of the molecule is CC1(C)CCC(O)(C#Cc2cccc(-c3ncc4c(CN5CCCC5)cnc(N)c4n3)c2)C1=O. The molecule has 2 aromatic heterocycles. The summed E-state index contributed by atoms with van der Waals surface area (Å²) in [4.78, 5) is 28.7. The van der Waals surface area contributed by atoms with Gasteiger partial charge in [0, 0.05) is 40.9 Å². The molecule has 0 bridgehead atoms. The molecule has 1 atom stereocenters. The Morgan fingerprint density at radius 1 is 1.15 bits per heavy atom. The van der Waals surface area contributed by atoms with Crippen molar-refractivity contribution in [2.45, 2.75) is 51.7 Å². The van der Waals surface area contributed by atoms with Crippen LogP contribution in [0.25, 0.3) is 22.3 Å². The number of aromatic nitrogens is 3. The minimum atomic E-state index is -1.59. The normalized spacial score (nSPS) is 22.1. The highest BCUT2D eigenvalue weighted by Gasteiger charge is 2.50. The maximum absolute atomic E-state index is 12.6. The Balaban J connectivity index is 1.45. The summed E-state index contributed by atoms with van der Waals surface area (Å²) in [5.74, 6) is 6.50. The van der Waals surface area contributed by atoms with Crippen molar-refractivity contribution in [3.8, 4) is 23.2 Å². The van der Waals surface area contributed by atoms with E-state index in [1.807, 2.05) is 50.5 Å². The molecule has 1 saturated carbocycles. The molecular formula is C27H29N5O2. The molecule has 174 valence electrons. The van der Waals surface area contributed by atoms with Crippen LogP contribution in [0.15, 0.2) is 36.7 Å². The molecule has 2 fully saturated rings. The van der Waals surface area contributed by atoms with Crippen LogP contribution in [0, 0.1) is 17.3 Å². The largest absolute Gasteiger partial charge is 0.382 e. The number of nitrogens with zero attached hydrogens (tertiary/aromatic N) is 4. The quantitative estimate of drug-likeness (QED) is 0.584. The van der Waals surface area contributed by atoms with E-state index in [1.54, 1.807) is 0 Å². The Morgan fingerprint density at radius 2 is 1.94 bits per heavy atom. The van der Waals surface area contributed by atoms with Crippen LogP contribution in [-0.2, 0) is 11.3 Å². The minimum Gasteiger partial charge on any atom is -0.382 e. The van der Waals surface area contributed by atoms with E-state index in [2.05, 4.69) is 26.7 Å². The van der Waals surface area contributed by atoms with Crippen LogP contribution in [0.3, 0.4) is 0 Å². The summed E-state index contributed by atoms with van der Waals surface area (Å²) < 4.78 is 0. The molecule has 5 rings (SSSR count). The molecule has 1 aliphatic carbocycles. The lowest BCUT2D eigenvalue weighted by molar-refractivity contribution is -0.135. The predicted molar refractivity (Wildman–Crippen MR) is 132 cm³/mol. The van der Waals surface area contributed by atoms with Gasteiger partial charge in [-0.25, -0.2) is 15.0 Å². The highest BCUT2D eigenvalue weighted by molar-refractivity contribution is 5.97. The van der Waals surface area contributed by atoms with Gasteiger partial charge in [0.25, 0.3) is 0 Å². The molecule has 3 N–H and O–H groups in total. The number of hydrogen-bond acceptors (Lipinski definition) is 7. The molecule has 1 unspecified atom stereocenters. The molecule has 1 saturated heterocycles. The number of pyridine rings is 1. The molecule has 7 heteroatoms. The van der Waals surface area contributed by atoms with Gasteiger partial charge in [-0.3, -0.25) is 9.69 Å². The molecule has 0 radical (unpaired) electrons. The fourth-order valence-electron chi connectivity index (χ4n) is 4.85. The van der Waals surface area contributed by atoms with Gasteiger partial charge in [-0.15, -0.1) is 0 Å². The van der Waals surface area contributed by atoms with Crippen LogP contribution in [0.5, 0.6) is 0 Å². The molecule has 7 nitrogen and oxygen atoms in total. The van der Waals surface area contributed by atoms with Gasteiger partial charge in [0.05, 0.1) is 0 Å². The number of hydrogen-bond donors (Lipinski definition) is 2. The van der Waals surface area contributed by atoms with Crippen LogP contribution in [0.1, 0.15) is 50.7 Å². The van der Waals surface area contributed by atoms with E-state index in [9.17, 15) is 9.90 Å². The minimum absolute atomic E-state index is 0.214. The molecule has 0 spiro atoms. The maximum atomic E-state index is 12.6. The summed E-state index contributed by atoms with van der Waals surface area (Å²) in [6.45, 7) is 6.71. The van der Waals surface area contributed by atoms with Crippen LogP contribution in [0.2, 0.25) is 0 Å². The van der Waals surface area contributed by atoms with E-state index in [0.29, 0.717) is 35.6 Å². The lowest BCUT2D eigenvalue weighted by Gasteiger charge is -2.18. The zero-order valence-corrected chi connectivity index (χ0v) is 19.6. The number of nitrogen functional groups attached to an aromatic ring is 1. The Morgan fingerprint density at radius 3 is 2.68 bits per heavy atom. The maximum Gasteiger partial charge on any atom is 0.185 e. The number of aliphatic hydroxyl groups is 1. The first-order valence-corrected chi connectivity index (χ1v) is 11.8. The Hall–Kier alpha value is -3.34. The van der Waals surface area contributed by atoms with E-state index in [0.717, 1.165) is 36.1 Å². The third kappa shape index (κ3) is 4.15. The first-order chi connectivity index (χ1) is 16.2. The van der Waals surface area contributed by atoms with Gasteiger partial charge in [-0.05, 0) is 56.5 Å². The summed E-state index contributed by atoms with van der Waals surface area (Å²) in [5.41, 5.74) is 7.22. The first-order valence-electron chi connectivity index (χ1n) is 11.8. The summed E-state index contributed by atoms with van der Waals surface area (Å²) in [6.07, 6.45) is 7.07. The van der Waals surface area contributed by atoms with Crippen molar-refractivity contribution in [3.05, 3.63) is 47.8 Å². The van der Waals surface area contributed by atoms with Crippen LogP contribution in [0.4, 0.5) is 5.82 Å². The first kappa shape index (κ1) is 22.5. The zero-order chi connectivity index (χ0) is 23.9. The molecule has 3 heterocycles. The van der Waals surface area contributed by atoms with Crippen molar-refractivity contribution in [2.24, 2.45) is 5.41 Å². The van der Waals surface area contributed by atoms with Crippen LogP contribution >= 0.6 is 0 Å². The number of fused-ring (bicyclic) bond motifs is 1. The number of rotatable bonds is 3. The van der Waals surface area contributed by atoms with Crippen molar-refractivity contribution >= 4 is 22.5 Å². The van der Waals surface area contributed by atoms with Gasteiger partial charge in [-0.2, -0.15) is 0 Å². The lowest BCUT2D eigenvalue weighted by atomic mass is 9.87. The molecule has 1 aromatic carbocycles. The van der Waals surface area contributed by atoms with Crippen molar-refractivity contribution in [3.63, 3.8) is 0 Å². The third-order valence-electron chi connectivity index (χ3n) is 6.97. The van der Waals surface area contributed by atoms with E-state index in [4.69, 9.17) is 10.7 Å². The summed E-state index contributed by atoms with van der Waals surface area (Å²) in [6, 6.07) is 7.47. The molecule has 3 aromatic rings. The van der Waals surface area contributed by atoms with E-state index in [1.165, 1.54) is 12.8 Å². The van der Waals surface area contributed by atoms with Crippen molar-refractivity contribution in [2.75, 3.05) is 18.8 Å². The van der Waals surface area contributed by atoms with Gasteiger partial charge in [0.2, 0.25) is 0 Å². The fraction of sp³-hybridized carbons (Fsp3) is 0.407. The van der Waals surface area contributed by atoms with Gasteiger partial charge >= 0.3 is 0 Å². The molecule has 0 amide bonds. The monoisotopic (exact) mass is 455 g/mol.